The Morgan fingerprint density at radius 3 is 2.12 bits per heavy atom. The number of rotatable bonds is 1. The number of hydrogen-bond acceptors (Lipinski definition) is 1. The zero-order chi connectivity index (χ0) is 12.1. The van der Waals surface area contributed by atoms with Crippen molar-refractivity contribution in [3.05, 3.63) is 34.4 Å². The first-order chi connectivity index (χ1) is 7.25. The molecule has 1 nitrogen and oxygen atoms in total. The topological polar surface area (TPSA) is 26.0 Å². The smallest absolute Gasteiger partial charge is 0.252 e. The molecule has 0 atom stereocenters. The Morgan fingerprint density at radius 2 is 1.62 bits per heavy atom. The highest BCUT2D eigenvalue weighted by Gasteiger charge is 2.57. The third kappa shape index (κ3) is 1.68. The van der Waals surface area contributed by atoms with E-state index < -0.39 is 41.0 Å². The first-order valence-corrected chi connectivity index (χ1v) is 4.94. The summed E-state index contributed by atoms with van der Waals surface area (Å²) in [5, 5.41) is -0.516. The first kappa shape index (κ1) is 11.7. The van der Waals surface area contributed by atoms with Crippen molar-refractivity contribution in [2.24, 2.45) is 5.73 Å². The van der Waals surface area contributed by atoms with E-state index in [1.165, 1.54) is 0 Å². The number of alkyl halides is 2. The highest BCUT2D eigenvalue weighted by molar-refractivity contribution is 6.31. The molecule has 88 valence electrons. The van der Waals surface area contributed by atoms with E-state index >= 15 is 0 Å². The van der Waals surface area contributed by atoms with Gasteiger partial charge in [-0.3, -0.25) is 0 Å². The van der Waals surface area contributed by atoms with Gasteiger partial charge in [-0.1, -0.05) is 11.6 Å². The van der Waals surface area contributed by atoms with Crippen molar-refractivity contribution in [1.29, 1.82) is 0 Å². The summed E-state index contributed by atoms with van der Waals surface area (Å²) in [5.41, 5.74) is 3.66. The van der Waals surface area contributed by atoms with Gasteiger partial charge in [0.15, 0.2) is 0 Å². The summed E-state index contributed by atoms with van der Waals surface area (Å²) in [4.78, 5) is 0. The van der Waals surface area contributed by atoms with Gasteiger partial charge in [0, 0.05) is 18.4 Å². The van der Waals surface area contributed by atoms with E-state index in [9.17, 15) is 17.6 Å². The molecule has 1 aromatic rings. The molecule has 0 radical (unpaired) electrons. The van der Waals surface area contributed by atoms with Crippen molar-refractivity contribution in [3.63, 3.8) is 0 Å². The Labute approximate surface area is 94.2 Å². The van der Waals surface area contributed by atoms with Crippen LogP contribution >= 0.6 is 11.6 Å². The predicted molar refractivity (Wildman–Crippen MR) is 51.4 cm³/mol. The van der Waals surface area contributed by atoms with Gasteiger partial charge in [-0.2, -0.15) is 0 Å². The molecule has 0 amide bonds. The standard InChI is InChI=1S/C10H8ClF4N/c11-8-6(13)2-1-5(12)7(8)9(16)3-10(14,15)4-9/h1-2H,3-4,16H2. The van der Waals surface area contributed by atoms with E-state index in [1.807, 2.05) is 0 Å². The highest BCUT2D eigenvalue weighted by Crippen LogP contribution is 2.52. The van der Waals surface area contributed by atoms with Gasteiger partial charge in [0.05, 0.1) is 10.6 Å². The molecule has 0 spiro atoms. The number of hydrogen-bond donors (Lipinski definition) is 1. The molecule has 1 saturated carbocycles. The Bertz CT molecular complexity index is 439. The maximum absolute atomic E-state index is 13.4. The summed E-state index contributed by atoms with van der Waals surface area (Å²) < 4.78 is 52.0. The molecule has 16 heavy (non-hydrogen) atoms. The van der Waals surface area contributed by atoms with Crippen molar-refractivity contribution >= 4 is 11.6 Å². The van der Waals surface area contributed by atoms with Crippen LogP contribution in [-0.2, 0) is 5.54 Å². The molecule has 2 N–H and O–H groups in total. The zero-order valence-corrected chi connectivity index (χ0v) is 8.79. The second-order valence-electron chi connectivity index (χ2n) is 4.08. The molecule has 1 aliphatic rings. The maximum atomic E-state index is 13.4. The zero-order valence-electron chi connectivity index (χ0n) is 8.04. The van der Waals surface area contributed by atoms with Crippen LogP contribution < -0.4 is 5.73 Å². The number of benzene rings is 1. The Balaban J connectivity index is 2.46. The lowest BCUT2D eigenvalue weighted by atomic mass is 9.69. The molecule has 0 aliphatic heterocycles. The SMILES string of the molecule is NC1(c2c(F)ccc(F)c2Cl)CC(F)(F)C1. The molecule has 2 rings (SSSR count). The second kappa shape index (κ2) is 3.34. The van der Waals surface area contributed by atoms with E-state index in [1.54, 1.807) is 0 Å². The monoisotopic (exact) mass is 253 g/mol. The van der Waals surface area contributed by atoms with Crippen LogP contribution in [0.4, 0.5) is 17.6 Å². The van der Waals surface area contributed by atoms with Crippen LogP contribution in [0.5, 0.6) is 0 Å². The predicted octanol–water partition coefficient (Wildman–Crippen LogP) is 3.20. The lowest BCUT2D eigenvalue weighted by molar-refractivity contribution is -0.125. The van der Waals surface area contributed by atoms with E-state index in [4.69, 9.17) is 17.3 Å². The van der Waals surface area contributed by atoms with Crippen LogP contribution in [0.25, 0.3) is 0 Å². The quantitative estimate of drug-likeness (QED) is 0.604. The lowest BCUT2D eigenvalue weighted by Crippen LogP contribution is -2.56. The lowest BCUT2D eigenvalue weighted by Gasteiger charge is -2.45. The molecule has 1 aromatic carbocycles. The van der Waals surface area contributed by atoms with Crippen LogP contribution in [0.3, 0.4) is 0 Å². The van der Waals surface area contributed by atoms with Gasteiger partial charge in [-0.25, -0.2) is 17.6 Å². The molecule has 0 heterocycles. The summed E-state index contributed by atoms with van der Waals surface area (Å²) in [5.74, 6) is -4.65. The van der Waals surface area contributed by atoms with Crippen LogP contribution in [0.1, 0.15) is 18.4 Å². The number of halogens is 5. The number of nitrogens with two attached hydrogens (primary N) is 1. The van der Waals surface area contributed by atoms with Gasteiger partial charge in [0.25, 0.3) is 5.92 Å². The summed E-state index contributed by atoms with van der Waals surface area (Å²) in [6.07, 6.45) is -1.44. The van der Waals surface area contributed by atoms with Gasteiger partial charge >= 0.3 is 0 Å². The highest BCUT2D eigenvalue weighted by atomic mass is 35.5. The van der Waals surface area contributed by atoms with Crippen molar-refractivity contribution in [2.45, 2.75) is 24.3 Å². The Morgan fingerprint density at radius 1 is 1.12 bits per heavy atom. The average molecular weight is 254 g/mol. The van der Waals surface area contributed by atoms with Gasteiger partial charge in [0.2, 0.25) is 0 Å². The molecule has 0 saturated heterocycles. The second-order valence-corrected chi connectivity index (χ2v) is 4.46. The van der Waals surface area contributed by atoms with E-state index in [2.05, 4.69) is 0 Å². The molecule has 0 aromatic heterocycles. The minimum absolute atomic E-state index is 0.361. The summed E-state index contributed by atoms with van der Waals surface area (Å²) in [7, 11) is 0. The fraction of sp³-hybridized carbons (Fsp3) is 0.400. The summed E-state index contributed by atoms with van der Waals surface area (Å²) in [6, 6.07) is 1.67. The summed E-state index contributed by atoms with van der Waals surface area (Å²) >= 11 is 5.55. The minimum Gasteiger partial charge on any atom is -0.321 e. The van der Waals surface area contributed by atoms with Crippen LogP contribution in [0.15, 0.2) is 12.1 Å². The first-order valence-electron chi connectivity index (χ1n) is 4.56. The van der Waals surface area contributed by atoms with Gasteiger partial charge in [-0.15, -0.1) is 0 Å². The maximum Gasteiger partial charge on any atom is 0.252 e. The van der Waals surface area contributed by atoms with Gasteiger partial charge < -0.3 is 5.73 Å². The molecule has 6 heteroatoms. The van der Waals surface area contributed by atoms with Crippen LogP contribution in [-0.4, -0.2) is 5.92 Å². The van der Waals surface area contributed by atoms with Crippen molar-refractivity contribution in [1.82, 2.24) is 0 Å². The molecule has 0 unspecified atom stereocenters. The molecule has 1 fully saturated rings. The van der Waals surface area contributed by atoms with E-state index in [0.717, 1.165) is 12.1 Å². The Kier molecular flexibility index (Phi) is 2.44. The van der Waals surface area contributed by atoms with Crippen molar-refractivity contribution in [3.8, 4) is 0 Å². The van der Waals surface area contributed by atoms with Gasteiger partial charge in [-0.05, 0) is 12.1 Å². The summed E-state index contributed by atoms with van der Waals surface area (Å²) in [6.45, 7) is 0. The fourth-order valence-corrected chi connectivity index (χ4v) is 2.37. The third-order valence-corrected chi connectivity index (χ3v) is 3.06. The van der Waals surface area contributed by atoms with E-state index in [0.29, 0.717) is 0 Å². The molecule has 0 bridgehead atoms. The van der Waals surface area contributed by atoms with Gasteiger partial charge in [0.1, 0.15) is 11.6 Å². The minimum atomic E-state index is -2.93. The normalized spacial score (nSPS) is 21.6. The molecular weight excluding hydrogens is 246 g/mol. The largest absolute Gasteiger partial charge is 0.321 e. The Hall–Kier alpha value is -0.810. The van der Waals surface area contributed by atoms with Crippen LogP contribution in [0, 0.1) is 11.6 Å². The van der Waals surface area contributed by atoms with Crippen LogP contribution in [0.2, 0.25) is 5.02 Å². The van der Waals surface area contributed by atoms with Crippen molar-refractivity contribution < 1.29 is 17.6 Å². The third-order valence-electron chi connectivity index (χ3n) is 2.69. The molecule has 1 aliphatic carbocycles. The average Bonchev–Trinajstić information content (AvgIpc) is 2.08. The fourth-order valence-electron chi connectivity index (χ4n) is 2.03. The van der Waals surface area contributed by atoms with Crippen molar-refractivity contribution in [2.75, 3.05) is 0 Å². The van der Waals surface area contributed by atoms with E-state index in [-0.39, 0.29) is 5.56 Å². The molecular formula is C10H8ClF4N.